The monoisotopic (exact) mass is 321 g/mol. The van der Waals surface area contributed by atoms with Crippen LogP contribution in [0.25, 0.3) is 16.3 Å². The Labute approximate surface area is 137 Å². The normalized spacial score (nSPS) is 12.6. The van der Waals surface area contributed by atoms with Crippen LogP contribution >= 0.6 is 11.3 Å². The molecule has 4 rings (SSSR count). The van der Waals surface area contributed by atoms with E-state index in [0.29, 0.717) is 0 Å². The van der Waals surface area contributed by atoms with Crippen LogP contribution in [0.15, 0.2) is 54.9 Å². The molecule has 0 radical (unpaired) electrons. The SMILES string of the molecule is CCC(c1ccccc1)c1nn2c(-c3cccnc3)nnc2s1. The first-order valence-electron chi connectivity index (χ1n) is 7.54. The van der Waals surface area contributed by atoms with Crippen molar-refractivity contribution in [1.82, 2.24) is 24.8 Å². The third kappa shape index (κ3) is 2.51. The predicted molar refractivity (Wildman–Crippen MR) is 90.5 cm³/mol. The maximum Gasteiger partial charge on any atom is 0.234 e. The summed E-state index contributed by atoms with van der Waals surface area (Å²) in [5.74, 6) is 1.02. The zero-order chi connectivity index (χ0) is 15.6. The number of hydrogen-bond acceptors (Lipinski definition) is 5. The van der Waals surface area contributed by atoms with Crippen LogP contribution in [-0.2, 0) is 0 Å². The van der Waals surface area contributed by atoms with Crippen molar-refractivity contribution in [2.45, 2.75) is 19.3 Å². The van der Waals surface area contributed by atoms with Gasteiger partial charge in [0.15, 0.2) is 5.82 Å². The van der Waals surface area contributed by atoms with Crippen LogP contribution in [0.4, 0.5) is 0 Å². The van der Waals surface area contributed by atoms with E-state index in [-0.39, 0.29) is 5.92 Å². The summed E-state index contributed by atoms with van der Waals surface area (Å²) in [6, 6.07) is 14.3. The minimum Gasteiger partial charge on any atom is -0.264 e. The molecule has 0 spiro atoms. The van der Waals surface area contributed by atoms with Gasteiger partial charge in [0.05, 0.1) is 0 Å². The van der Waals surface area contributed by atoms with Gasteiger partial charge in [-0.05, 0) is 24.1 Å². The van der Waals surface area contributed by atoms with Crippen molar-refractivity contribution >= 4 is 16.3 Å². The molecule has 0 bridgehead atoms. The second-order valence-corrected chi connectivity index (χ2v) is 6.26. The van der Waals surface area contributed by atoms with Gasteiger partial charge >= 0.3 is 0 Å². The third-order valence-corrected chi connectivity index (χ3v) is 4.85. The molecule has 0 aliphatic rings. The molecule has 1 unspecified atom stereocenters. The lowest BCUT2D eigenvalue weighted by molar-refractivity contribution is 0.743. The van der Waals surface area contributed by atoms with E-state index < -0.39 is 0 Å². The van der Waals surface area contributed by atoms with Gasteiger partial charge in [0, 0.05) is 23.9 Å². The Hall–Kier alpha value is -2.60. The molecule has 0 aliphatic carbocycles. The number of fused-ring (bicyclic) bond motifs is 1. The van der Waals surface area contributed by atoms with Crippen molar-refractivity contribution < 1.29 is 0 Å². The first kappa shape index (κ1) is 14.0. The van der Waals surface area contributed by atoms with Crippen molar-refractivity contribution in [3.63, 3.8) is 0 Å². The smallest absolute Gasteiger partial charge is 0.234 e. The molecule has 1 atom stereocenters. The number of aromatic nitrogens is 5. The van der Waals surface area contributed by atoms with Crippen LogP contribution in [0.1, 0.15) is 29.8 Å². The van der Waals surface area contributed by atoms with Crippen molar-refractivity contribution in [3.05, 3.63) is 65.4 Å². The molecule has 3 aromatic heterocycles. The molecule has 4 aromatic rings. The summed E-state index contributed by atoms with van der Waals surface area (Å²) in [6.07, 6.45) is 4.52. The van der Waals surface area contributed by atoms with Gasteiger partial charge in [0.1, 0.15) is 5.01 Å². The second kappa shape index (κ2) is 5.89. The van der Waals surface area contributed by atoms with Gasteiger partial charge in [0.2, 0.25) is 4.96 Å². The van der Waals surface area contributed by atoms with Crippen molar-refractivity contribution in [2.75, 3.05) is 0 Å². The van der Waals surface area contributed by atoms with Gasteiger partial charge in [-0.2, -0.15) is 9.61 Å². The van der Waals surface area contributed by atoms with Gasteiger partial charge in [-0.3, -0.25) is 4.98 Å². The molecule has 5 nitrogen and oxygen atoms in total. The fourth-order valence-electron chi connectivity index (χ4n) is 2.69. The zero-order valence-corrected chi connectivity index (χ0v) is 13.4. The topological polar surface area (TPSA) is 56.0 Å². The Morgan fingerprint density at radius 2 is 1.96 bits per heavy atom. The number of nitrogens with zero attached hydrogens (tertiary/aromatic N) is 5. The largest absolute Gasteiger partial charge is 0.264 e. The van der Waals surface area contributed by atoms with E-state index >= 15 is 0 Å². The van der Waals surface area contributed by atoms with E-state index in [2.05, 4.69) is 46.4 Å². The van der Waals surface area contributed by atoms with E-state index in [1.165, 1.54) is 5.56 Å². The summed E-state index contributed by atoms with van der Waals surface area (Å²) >= 11 is 1.60. The van der Waals surface area contributed by atoms with E-state index in [0.717, 1.165) is 27.8 Å². The standard InChI is InChI=1S/C17H15N5S/c1-2-14(12-7-4-3-5-8-12)16-21-22-15(19-20-17(22)23-16)13-9-6-10-18-11-13/h3-11,14H,2H2,1H3. The van der Waals surface area contributed by atoms with E-state index in [1.807, 2.05) is 22.7 Å². The highest BCUT2D eigenvalue weighted by Crippen LogP contribution is 2.32. The number of pyridine rings is 1. The average Bonchev–Trinajstić information content (AvgIpc) is 3.18. The van der Waals surface area contributed by atoms with Gasteiger partial charge in [-0.1, -0.05) is 48.6 Å². The second-order valence-electron chi connectivity index (χ2n) is 5.27. The molecule has 0 aliphatic heterocycles. The summed E-state index contributed by atoms with van der Waals surface area (Å²) in [4.78, 5) is 4.96. The fourth-order valence-corrected chi connectivity index (χ4v) is 3.74. The Bertz CT molecular complexity index is 914. The molecule has 1 aromatic carbocycles. The van der Waals surface area contributed by atoms with Crippen LogP contribution in [0.2, 0.25) is 0 Å². The molecule has 0 amide bonds. The first-order chi connectivity index (χ1) is 11.4. The molecule has 0 saturated heterocycles. The summed E-state index contributed by atoms with van der Waals surface area (Å²) in [7, 11) is 0. The summed E-state index contributed by atoms with van der Waals surface area (Å²) in [5, 5.41) is 14.4. The summed E-state index contributed by atoms with van der Waals surface area (Å²) in [5.41, 5.74) is 2.20. The number of hydrogen-bond donors (Lipinski definition) is 0. The van der Waals surface area contributed by atoms with Gasteiger partial charge in [-0.25, -0.2) is 0 Å². The van der Waals surface area contributed by atoms with Gasteiger partial charge in [0.25, 0.3) is 0 Å². The van der Waals surface area contributed by atoms with Crippen LogP contribution in [0.3, 0.4) is 0 Å². The van der Waals surface area contributed by atoms with Crippen LogP contribution < -0.4 is 0 Å². The van der Waals surface area contributed by atoms with Crippen molar-refractivity contribution in [2.24, 2.45) is 0 Å². The maximum absolute atomic E-state index is 4.78. The lowest BCUT2D eigenvalue weighted by Crippen LogP contribution is -2.01. The molecule has 0 saturated carbocycles. The molecule has 0 fully saturated rings. The fraction of sp³-hybridized carbons (Fsp3) is 0.176. The molecular formula is C17H15N5S. The highest BCUT2D eigenvalue weighted by molar-refractivity contribution is 7.16. The molecule has 23 heavy (non-hydrogen) atoms. The highest BCUT2D eigenvalue weighted by atomic mass is 32.1. The van der Waals surface area contributed by atoms with Gasteiger partial charge < -0.3 is 0 Å². The molecular weight excluding hydrogens is 306 g/mol. The Balaban J connectivity index is 1.79. The Morgan fingerprint density at radius 3 is 2.70 bits per heavy atom. The minimum absolute atomic E-state index is 0.282. The molecule has 3 heterocycles. The van der Waals surface area contributed by atoms with Gasteiger partial charge in [-0.15, -0.1) is 10.2 Å². The molecule has 6 heteroatoms. The Morgan fingerprint density at radius 1 is 1.09 bits per heavy atom. The number of benzene rings is 1. The highest BCUT2D eigenvalue weighted by Gasteiger charge is 2.20. The van der Waals surface area contributed by atoms with Crippen LogP contribution in [0, 0.1) is 0 Å². The van der Waals surface area contributed by atoms with Crippen molar-refractivity contribution in [1.29, 1.82) is 0 Å². The van der Waals surface area contributed by atoms with Crippen LogP contribution in [0.5, 0.6) is 0 Å². The summed E-state index contributed by atoms with van der Waals surface area (Å²) in [6.45, 7) is 2.18. The minimum atomic E-state index is 0.282. The predicted octanol–water partition coefficient (Wildman–Crippen LogP) is 3.79. The maximum atomic E-state index is 4.78. The third-order valence-electron chi connectivity index (χ3n) is 3.83. The van der Waals surface area contributed by atoms with Crippen LogP contribution in [-0.4, -0.2) is 24.8 Å². The molecule has 114 valence electrons. The van der Waals surface area contributed by atoms with E-state index in [9.17, 15) is 0 Å². The zero-order valence-electron chi connectivity index (χ0n) is 12.6. The number of rotatable bonds is 4. The van der Waals surface area contributed by atoms with E-state index in [4.69, 9.17) is 5.10 Å². The lowest BCUT2D eigenvalue weighted by atomic mass is 9.97. The van der Waals surface area contributed by atoms with E-state index in [1.54, 1.807) is 23.7 Å². The van der Waals surface area contributed by atoms with Crippen molar-refractivity contribution in [3.8, 4) is 11.4 Å². The quantitative estimate of drug-likeness (QED) is 0.574. The summed E-state index contributed by atoms with van der Waals surface area (Å²) < 4.78 is 1.82. The Kier molecular flexibility index (Phi) is 3.59. The first-order valence-corrected chi connectivity index (χ1v) is 8.36. The average molecular weight is 321 g/mol. The molecule has 0 N–H and O–H groups in total. The lowest BCUT2D eigenvalue weighted by Gasteiger charge is -2.11.